The molecule has 0 saturated carbocycles. The molecule has 1 unspecified atom stereocenters. The van der Waals surface area contributed by atoms with Crippen LogP contribution in [0.1, 0.15) is 19.8 Å². The number of rotatable bonds is 7. The van der Waals surface area contributed by atoms with E-state index in [1.54, 1.807) is 31.2 Å². The van der Waals surface area contributed by atoms with Gasteiger partial charge in [0.1, 0.15) is 6.61 Å². The van der Waals surface area contributed by atoms with E-state index in [0.717, 1.165) is 0 Å². The normalized spacial score (nSPS) is 20.1. The van der Waals surface area contributed by atoms with Crippen molar-refractivity contribution in [3.05, 3.63) is 47.4 Å². The van der Waals surface area contributed by atoms with E-state index >= 15 is 0 Å². The van der Waals surface area contributed by atoms with Crippen LogP contribution in [0.5, 0.6) is 5.75 Å². The van der Waals surface area contributed by atoms with E-state index in [4.69, 9.17) is 21.1 Å². The fourth-order valence-electron chi connectivity index (χ4n) is 2.95. The summed E-state index contributed by atoms with van der Waals surface area (Å²) < 4.78 is 51.7. The minimum atomic E-state index is -3.27. The van der Waals surface area contributed by atoms with Crippen molar-refractivity contribution in [2.75, 3.05) is 19.0 Å². The molecule has 0 amide bonds. The molecule has 3 rings (SSSR count). The van der Waals surface area contributed by atoms with Crippen LogP contribution in [0.15, 0.2) is 36.5 Å². The van der Waals surface area contributed by atoms with Crippen molar-refractivity contribution in [3.63, 3.8) is 0 Å². The van der Waals surface area contributed by atoms with Gasteiger partial charge in [0.05, 0.1) is 22.6 Å². The number of hydrogen-bond donors (Lipinski definition) is 1. The lowest BCUT2D eigenvalue weighted by Crippen LogP contribution is -2.44. The van der Waals surface area contributed by atoms with Crippen molar-refractivity contribution < 1.29 is 22.3 Å². The fourth-order valence-corrected chi connectivity index (χ4v) is 3.95. The molecule has 6 nitrogen and oxygen atoms in total. The van der Waals surface area contributed by atoms with Crippen molar-refractivity contribution in [1.29, 1.82) is 0 Å². The lowest BCUT2D eigenvalue weighted by Gasteiger charge is -2.29. The highest BCUT2D eigenvalue weighted by atomic mass is 35.5. The zero-order valence-corrected chi connectivity index (χ0v) is 17.0. The van der Waals surface area contributed by atoms with Crippen LogP contribution in [0.4, 0.5) is 4.39 Å². The first-order valence-corrected chi connectivity index (χ1v) is 11.0. The van der Waals surface area contributed by atoms with Gasteiger partial charge in [0, 0.05) is 24.4 Å². The molecule has 1 saturated heterocycles. The minimum Gasteiger partial charge on any atom is -0.488 e. The van der Waals surface area contributed by atoms with Gasteiger partial charge >= 0.3 is 0 Å². The summed E-state index contributed by atoms with van der Waals surface area (Å²) >= 11 is 5.82. The van der Waals surface area contributed by atoms with Gasteiger partial charge in [-0.15, -0.1) is 0 Å². The topological polar surface area (TPSA) is 77.5 Å². The SMILES string of the molecule is CCS(=O)(=O)N[C@H]1CCOC(COc2ccc(-c3ccc(Cl)cn3)cc2F)C1. The van der Waals surface area contributed by atoms with E-state index in [0.29, 0.717) is 35.7 Å². The number of benzene rings is 1. The molecule has 152 valence electrons. The third-order valence-electron chi connectivity index (χ3n) is 4.47. The van der Waals surface area contributed by atoms with Crippen LogP contribution in [0.3, 0.4) is 0 Å². The average molecular weight is 429 g/mol. The highest BCUT2D eigenvalue weighted by Crippen LogP contribution is 2.26. The number of aromatic nitrogens is 1. The molecule has 9 heteroatoms. The largest absolute Gasteiger partial charge is 0.488 e. The number of halogens is 2. The van der Waals surface area contributed by atoms with Gasteiger partial charge in [-0.25, -0.2) is 17.5 Å². The summed E-state index contributed by atoms with van der Waals surface area (Å²) in [4.78, 5) is 4.17. The summed E-state index contributed by atoms with van der Waals surface area (Å²) in [7, 11) is -3.27. The Kier molecular flexibility index (Phi) is 6.87. The van der Waals surface area contributed by atoms with Crippen LogP contribution in [-0.4, -0.2) is 44.5 Å². The van der Waals surface area contributed by atoms with Gasteiger partial charge in [0.2, 0.25) is 10.0 Å². The molecule has 28 heavy (non-hydrogen) atoms. The molecule has 1 aliphatic heterocycles. The second-order valence-electron chi connectivity index (χ2n) is 6.55. The Morgan fingerprint density at radius 2 is 2.18 bits per heavy atom. The monoisotopic (exact) mass is 428 g/mol. The predicted molar refractivity (Wildman–Crippen MR) is 105 cm³/mol. The number of hydrogen-bond acceptors (Lipinski definition) is 5. The fraction of sp³-hybridized carbons (Fsp3) is 0.421. The molecule has 1 aromatic heterocycles. The van der Waals surface area contributed by atoms with Gasteiger partial charge in [-0.05, 0) is 50.1 Å². The van der Waals surface area contributed by atoms with Crippen LogP contribution in [-0.2, 0) is 14.8 Å². The van der Waals surface area contributed by atoms with Crippen molar-refractivity contribution >= 4 is 21.6 Å². The molecule has 1 aliphatic rings. The van der Waals surface area contributed by atoms with Gasteiger partial charge in [0.25, 0.3) is 0 Å². The number of nitrogens with zero attached hydrogens (tertiary/aromatic N) is 1. The molecular formula is C19H22ClFN2O4S. The maximum absolute atomic E-state index is 14.4. The highest BCUT2D eigenvalue weighted by Gasteiger charge is 2.26. The third-order valence-corrected chi connectivity index (χ3v) is 6.15. The Labute approximate surface area is 169 Å². The first kappa shape index (κ1) is 21.0. The Morgan fingerprint density at radius 3 is 2.86 bits per heavy atom. The Bertz CT molecular complexity index is 909. The highest BCUT2D eigenvalue weighted by molar-refractivity contribution is 7.89. The molecule has 0 aliphatic carbocycles. The Balaban J connectivity index is 1.59. The molecule has 2 aromatic rings. The molecule has 1 fully saturated rings. The average Bonchev–Trinajstić information content (AvgIpc) is 2.67. The van der Waals surface area contributed by atoms with Crippen LogP contribution >= 0.6 is 11.6 Å². The van der Waals surface area contributed by atoms with Gasteiger partial charge in [-0.1, -0.05) is 11.6 Å². The van der Waals surface area contributed by atoms with Gasteiger partial charge in [-0.3, -0.25) is 4.98 Å². The summed E-state index contributed by atoms with van der Waals surface area (Å²) in [5, 5.41) is 0.510. The molecule has 0 bridgehead atoms. The quantitative estimate of drug-likeness (QED) is 0.731. The van der Waals surface area contributed by atoms with Crippen LogP contribution in [0.2, 0.25) is 5.02 Å². The zero-order valence-electron chi connectivity index (χ0n) is 15.4. The summed E-state index contributed by atoms with van der Waals surface area (Å²) in [6.07, 6.45) is 2.28. The number of nitrogens with one attached hydrogen (secondary N) is 1. The summed E-state index contributed by atoms with van der Waals surface area (Å²) in [5.41, 5.74) is 1.22. The number of ether oxygens (including phenoxy) is 2. The van der Waals surface area contributed by atoms with Gasteiger partial charge in [-0.2, -0.15) is 0 Å². The second kappa shape index (κ2) is 9.17. The smallest absolute Gasteiger partial charge is 0.211 e. The van der Waals surface area contributed by atoms with E-state index in [1.807, 2.05) is 0 Å². The third kappa shape index (κ3) is 5.64. The predicted octanol–water partition coefficient (Wildman–Crippen LogP) is 3.41. The molecule has 1 N–H and O–H groups in total. The molecule has 0 spiro atoms. The van der Waals surface area contributed by atoms with Gasteiger partial charge in [0.15, 0.2) is 11.6 Å². The maximum Gasteiger partial charge on any atom is 0.211 e. The van der Waals surface area contributed by atoms with E-state index in [-0.39, 0.29) is 30.3 Å². The van der Waals surface area contributed by atoms with Crippen molar-refractivity contribution in [2.45, 2.75) is 31.9 Å². The van der Waals surface area contributed by atoms with Crippen molar-refractivity contribution in [1.82, 2.24) is 9.71 Å². The summed E-state index contributed by atoms with van der Waals surface area (Å²) in [5.74, 6) is -0.364. The minimum absolute atomic E-state index is 0.0333. The summed E-state index contributed by atoms with van der Waals surface area (Å²) in [6.45, 7) is 2.16. The zero-order chi connectivity index (χ0) is 20.1. The van der Waals surface area contributed by atoms with Gasteiger partial charge < -0.3 is 9.47 Å². The summed E-state index contributed by atoms with van der Waals surface area (Å²) in [6, 6.07) is 7.82. The second-order valence-corrected chi connectivity index (χ2v) is 9.03. The number of pyridine rings is 1. The molecule has 1 aromatic carbocycles. The van der Waals surface area contributed by atoms with E-state index in [2.05, 4.69) is 9.71 Å². The van der Waals surface area contributed by atoms with E-state index < -0.39 is 15.8 Å². The van der Waals surface area contributed by atoms with Crippen LogP contribution in [0.25, 0.3) is 11.3 Å². The van der Waals surface area contributed by atoms with E-state index in [1.165, 1.54) is 12.3 Å². The van der Waals surface area contributed by atoms with Crippen LogP contribution < -0.4 is 9.46 Å². The maximum atomic E-state index is 14.4. The molecule has 2 atom stereocenters. The lowest BCUT2D eigenvalue weighted by atomic mass is 10.1. The van der Waals surface area contributed by atoms with E-state index in [9.17, 15) is 12.8 Å². The van der Waals surface area contributed by atoms with Crippen molar-refractivity contribution in [3.8, 4) is 17.0 Å². The number of sulfonamides is 1. The Morgan fingerprint density at radius 1 is 1.36 bits per heavy atom. The Hall–Kier alpha value is -1.74. The molecule has 0 radical (unpaired) electrons. The molecular weight excluding hydrogens is 407 g/mol. The van der Waals surface area contributed by atoms with Crippen LogP contribution in [0, 0.1) is 5.82 Å². The lowest BCUT2D eigenvalue weighted by molar-refractivity contribution is -0.0206. The van der Waals surface area contributed by atoms with Crippen molar-refractivity contribution in [2.24, 2.45) is 0 Å². The molecule has 2 heterocycles. The standard InChI is InChI=1S/C19H22ClFN2O4S/c1-2-28(24,25)23-15-7-8-26-16(10-15)12-27-19-6-3-13(9-17(19)21)18-5-4-14(20)11-22-18/h3-6,9,11,15-16,23H,2,7-8,10,12H2,1H3/t15-,16?/m0/s1. The first-order valence-electron chi connectivity index (χ1n) is 9.02. The first-order chi connectivity index (χ1) is 13.4.